The Labute approximate surface area is 192 Å². The standard InChI is InChI=1S/C14H15N3O3.C6H13NO2.BH3O3/c18-13(19)12(10-11-4-2-1-3-5-11)16-14(20)17-8-6-15-7-9-17;1-4(2)3-5(7)6(8)9;2-1(3)4/h1-8,12H,9-10H2,(H,16,20)(H,18,19);4-5H,3,7H2,1-2H3,(H,8,9);2-4H/t12-;5-;/m00./s1. The van der Waals surface area contributed by atoms with Crippen molar-refractivity contribution in [2.45, 2.75) is 38.8 Å². The van der Waals surface area contributed by atoms with E-state index in [0.717, 1.165) is 5.56 Å². The fraction of sp³-hybridized carbons (Fsp3) is 0.400. The number of nitrogens with one attached hydrogen (secondary N) is 1. The molecule has 1 heterocycles. The summed E-state index contributed by atoms with van der Waals surface area (Å²) < 4.78 is 0. The molecule has 0 saturated carbocycles. The molecule has 1 aliphatic heterocycles. The molecule has 0 spiro atoms. The number of rotatable bonds is 7. The van der Waals surface area contributed by atoms with Gasteiger partial charge in [0.15, 0.2) is 0 Å². The minimum Gasteiger partial charge on any atom is -0.480 e. The summed E-state index contributed by atoms with van der Waals surface area (Å²) in [6.07, 6.45) is 5.36. The van der Waals surface area contributed by atoms with Gasteiger partial charge < -0.3 is 36.3 Å². The van der Waals surface area contributed by atoms with Crippen molar-refractivity contribution in [1.82, 2.24) is 10.2 Å². The first-order valence-corrected chi connectivity index (χ1v) is 9.98. The zero-order valence-electron chi connectivity index (χ0n) is 18.5. The van der Waals surface area contributed by atoms with Crippen molar-refractivity contribution < 1.29 is 39.7 Å². The van der Waals surface area contributed by atoms with E-state index in [4.69, 9.17) is 25.9 Å². The maximum Gasteiger partial charge on any atom is 0.631 e. The van der Waals surface area contributed by atoms with E-state index in [9.17, 15) is 19.5 Å². The van der Waals surface area contributed by atoms with Gasteiger partial charge in [0.1, 0.15) is 12.1 Å². The predicted molar refractivity (Wildman–Crippen MR) is 122 cm³/mol. The van der Waals surface area contributed by atoms with Gasteiger partial charge in [0.05, 0.1) is 6.54 Å². The van der Waals surface area contributed by atoms with E-state index in [-0.39, 0.29) is 6.42 Å². The highest BCUT2D eigenvalue weighted by Gasteiger charge is 2.22. The normalized spacial score (nSPS) is 13.6. The Morgan fingerprint density at radius 1 is 1.12 bits per heavy atom. The van der Waals surface area contributed by atoms with Gasteiger partial charge in [-0.25, -0.2) is 9.59 Å². The van der Waals surface area contributed by atoms with Crippen molar-refractivity contribution in [2.75, 3.05) is 6.54 Å². The number of nitrogens with two attached hydrogens (primary N) is 1. The Balaban J connectivity index is 0.000000657. The summed E-state index contributed by atoms with van der Waals surface area (Å²) in [4.78, 5) is 38.5. The summed E-state index contributed by atoms with van der Waals surface area (Å²) in [5, 5.41) is 41.5. The van der Waals surface area contributed by atoms with Crippen molar-refractivity contribution in [2.24, 2.45) is 16.6 Å². The van der Waals surface area contributed by atoms with Gasteiger partial charge in [-0.15, -0.1) is 0 Å². The molecule has 1 aromatic rings. The first kappa shape index (κ1) is 29.7. The average molecular weight is 466 g/mol. The first-order chi connectivity index (χ1) is 15.4. The highest BCUT2D eigenvalue weighted by molar-refractivity contribution is 6.30. The van der Waals surface area contributed by atoms with E-state index in [1.165, 1.54) is 17.3 Å². The fourth-order valence-electron chi connectivity index (χ4n) is 2.42. The van der Waals surface area contributed by atoms with E-state index in [1.54, 1.807) is 6.21 Å². The molecular formula is C20H31BN4O8. The molecule has 1 aliphatic rings. The van der Waals surface area contributed by atoms with Crippen LogP contribution in [0.5, 0.6) is 0 Å². The van der Waals surface area contributed by atoms with E-state index in [2.05, 4.69) is 10.3 Å². The molecule has 8 N–H and O–H groups in total. The smallest absolute Gasteiger partial charge is 0.480 e. The number of urea groups is 1. The number of carboxylic acids is 2. The molecule has 12 nitrogen and oxygen atoms in total. The van der Waals surface area contributed by atoms with E-state index >= 15 is 0 Å². The highest BCUT2D eigenvalue weighted by atomic mass is 16.5. The maximum atomic E-state index is 11.9. The average Bonchev–Trinajstić information content (AvgIpc) is 2.74. The Kier molecular flexibility index (Phi) is 14.8. The third-order valence-electron chi connectivity index (χ3n) is 3.90. The predicted octanol–water partition coefficient (Wildman–Crippen LogP) is -0.358. The van der Waals surface area contributed by atoms with Gasteiger partial charge in [-0.1, -0.05) is 44.2 Å². The first-order valence-electron chi connectivity index (χ1n) is 9.98. The number of carboxylic acid groups (broad SMARTS) is 2. The van der Waals surface area contributed by atoms with Crippen LogP contribution in [0.15, 0.2) is 47.7 Å². The number of amides is 2. The van der Waals surface area contributed by atoms with Crippen molar-refractivity contribution >= 4 is 31.5 Å². The second-order valence-electron chi connectivity index (χ2n) is 7.23. The molecule has 0 bridgehead atoms. The Morgan fingerprint density at radius 3 is 2.09 bits per heavy atom. The molecule has 13 heteroatoms. The number of benzene rings is 1. The summed E-state index contributed by atoms with van der Waals surface area (Å²) in [5.74, 6) is -1.61. The highest BCUT2D eigenvalue weighted by Crippen LogP contribution is 2.05. The van der Waals surface area contributed by atoms with Crippen molar-refractivity contribution in [3.8, 4) is 0 Å². The summed E-state index contributed by atoms with van der Waals surface area (Å²) in [7, 11) is -2.17. The monoisotopic (exact) mass is 466 g/mol. The second kappa shape index (κ2) is 16.4. The van der Waals surface area contributed by atoms with Crippen LogP contribution in [0.2, 0.25) is 0 Å². The second-order valence-corrected chi connectivity index (χ2v) is 7.23. The molecule has 2 atom stereocenters. The third-order valence-corrected chi connectivity index (χ3v) is 3.90. The van der Waals surface area contributed by atoms with Crippen LogP contribution in [-0.4, -0.2) is 80.3 Å². The zero-order chi connectivity index (χ0) is 25.4. The lowest BCUT2D eigenvalue weighted by Crippen LogP contribution is -2.48. The number of nitrogens with zero attached hydrogens (tertiary/aromatic N) is 2. The molecule has 2 amide bonds. The number of aliphatic carboxylic acids is 2. The van der Waals surface area contributed by atoms with Crippen LogP contribution in [0.25, 0.3) is 0 Å². The topological polar surface area (TPSA) is 206 Å². The van der Waals surface area contributed by atoms with Crippen LogP contribution >= 0.6 is 0 Å². The lowest BCUT2D eigenvalue weighted by molar-refractivity contribution is -0.140. The van der Waals surface area contributed by atoms with E-state index in [0.29, 0.717) is 18.9 Å². The molecule has 182 valence electrons. The Morgan fingerprint density at radius 2 is 1.70 bits per heavy atom. The van der Waals surface area contributed by atoms with Crippen molar-refractivity contribution in [3.63, 3.8) is 0 Å². The summed E-state index contributed by atoms with van der Waals surface area (Å²) in [6.45, 7) is 4.23. The van der Waals surface area contributed by atoms with Gasteiger partial charge in [0, 0.05) is 25.0 Å². The van der Waals surface area contributed by atoms with Gasteiger partial charge in [-0.05, 0) is 17.9 Å². The van der Waals surface area contributed by atoms with Gasteiger partial charge in [-0.2, -0.15) is 0 Å². The maximum absolute atomic E-state index is 11.9. The number of aliphatic imine (C=N–C) groups is 1. The summed E-state index contributed by atoms with van der Waals surface area (Å²) in [5.41, 5.74) is 6.08. The van der Waals surface area contributed by atoms with Crippen LogP contribution in [0, 0.1) is 5.92 Å². The zero-order valence-corrected chi connectivity index (χ0v) is 18.5. The third kappa shape index (κ3) is 15.2. The Hall–Kier alpha value is -3.26. The minimum absolute atomic E-state index is 0.244. The molecule has 0 aliphatic carbocycles. The SMILES string of the molecule is CC(C)C[C@H](N)C(=O)O.O=C(O)[C@H](Cc1ccccc1)NC(=O)N1C=CN=CC1.OB(O)O. The Bertz CT molecular complexity index is 787. The number of hydrogen-bond acceptors (Lipinski definition) is 8. The van der Waals surface area contributed by atoms with Gasteiger partial charge in [0.2, 0.25) is 0 Å². The number of carbonyl (C=O) groups is 3. The van der Waals surface area contributed by atoms with Crippen LogP contribution in [0.1, 0.15) is 25.8 Å². The van der Waals surface area contributed by atoms with Crippen LogP contribution in [-0.2, 0) is 16.0 Å². The fourth-order valence-corrected chi connectivity index (χ4v) is 2.42. The summed E-state index contributed by atoms with van der Waals surface area (Å²) >= 11 is 0. The quantitative estimate of drug-likeness (QED) is 0.262. The molecule has 0 radical (unpaired) electrons. The van der Waals surface area contributed by atoms with Crippen molar-refractivity contribution in [1.29, 1.82) is 0 Å². The number of carbonyl (C=O) groups excluding carboxylic acids is 1. The van der Waals surface area contributed by atoms with Crippen LogP contribution in [0.3, 0.4) is 0 Å². The number of hydrogen-bond donors (Lipinski definition) is 7. The molecular weight excluding hydrogens is 435 g/mol. The van der Waals surface area contributed by atoms with Crippen molar-refractivity contribution in [3.05, 3.63) is 48.3 Å². The molecule has 0 unspecified atom stereocenters. The van der Waals surface area contributed by atoms with Crippen LogP contribution in [0.4, 0.5) is 4.79 Å². The molecule has 0 fully saturated rings. The van der Waals surface area contributed by atoms with Gasteiger partial charge >= 0.3 is 25.3 Å². The van der Waals surface area contributed by atoms with E-state index < -0.39 is 37.4 Å². The molecule has 33 heavy (non-hydrogen) atoms. The molecule has 1 aromatic carbocycles. The lowest BCUT2D eigenvalue weighted by atomic mass is 10.1. The summed E-state index contributed by atoms with van der Waals surface area (Å²) in [6, 6.07) is 7.08. The molecule has 2 rings (SSSR count). The van der Waals surface area contributed by atoms with Gasteiger partial charge in [0.25, 0.3) is 0 Å². The molecule has 0 aromatic heterocycles. The largest absolute Gasteiger partial charge is 0.631 e. The van der Waals surface area contributed by atoms with Crippen LogP contribution < -0.4 is 11.1 Å². The molecule has 0 saturated heterocycles. The van der Waals surface area contributed by atoms with E-state index in [1.807, 2.05) is 44.2 Å². The van der Waals surface area contributed by atoms with Gasteiger partial charge in [-0.3, -0.25) is 14.7 Å². The lowest BCUT2D eigenvalue weighted by Gasteiger charge is -2.21. The minimum atomic E-state index is -2.17.